The van der Waals surface area contributed by atoms with Gasteiger partial charge in [0.05, 0.1) is 12.2 Å². The second-order valence-corrected chi connectivity index (χ2v) is 10.5. The lowest BCUT2D eigenvalue weighted by molar-refractivity contribution is -0.137. The van der Waals surface area contributed by atoms with Crippen LogP contribution in [-0.4, -0.2) is 28.4 Å². The van der Waals surface area contributed by atoms with E-state index >= 15 is 0 Å². The molecule has 0 bridgehead atoms. The molecule has 3 rings (SSSR count). The zero-order chi connectivity index (χ0) is 26.2. The number of carbonyl (C=O) groups is 1. The minimum absolute atomic E-state index is 0.0726. The van der Waals surface area contributed by atoms with Crippen LogP contribution in [0.4, 0.5) is 0 Å². The van der Waals surface area contributed by atoms with Crippen LogP contribution in [0, 0.1) is 13.8 Å². The molecular weight excluding hydrogens is 448 g/mol. The molecule has 36 heavy (non-hydrogen) atoms. The van der Waals surface area contributed by atoms with Crippen molar-refractivity contribution in [3.8, 4) is 5.75 Å². The van der Waals surface area contributed by atoms with Crippen molar-refractivity contribution in [1.29, 1.82) is 0 Å². The molecule has 4 nitrogen and oxygen atoms in total. The number of hydrogen-bond donors (Lipinski definition) is 2. The van der Waals surface area contributed by atoms with Gasteiger partial charge in [-0.15, -0.1) is 0 Å². The van der Waals surface area contributed by atoms with Crippen molar-refractivity contribution in [2.75, 3.05) is 6.61 Å². The summed E-state index contributed by atoms with van der Waals surface area (Å²) in [6, 6.07) is 13.4. The Hall–Kier alpha value is -2.59. The van der Waals surface area contributed by atoms with E-state index in [9.17, 15) is 9.90 Å². The molecule has 0 amide bonds. The third kappa shape index (κ3) is 6.79. The second-order valence-electron chi connectivity index (χ2n) is 10.5. The first kappa shape index (κ1) is 28.0. The van der Waals surface area contributed by atoms with E-state index in [2.05, 4.69) is 70.2 Å². The van der Waals surface area contributed by atoms with Gasteiger partial charge in [-0.25, -0.2) is 0 Å². The first-order chi connectivity index (χ1) is 17.2. The highest BCUT2D eigenvalue weighted by molar-refractivity contribution is 5.66. The number of hydrogen-bond acceptors (Lipinski definition) is 3. The van der Waals surface area contributed by atoms with Crippen molar-refractivity contribution in [1.82, 2.24) is 0 Å². The SMILES string of the molecule is CCC(CC)(c1ccc(C=CC2(O)CCCC2)c(C)c1)c1ccc(OCCCCCC(=O)O)c(C)c1. The summed E-state index contributed by atoms with van der Waals surface area (Å²) in [6.07, 6.45) is 12.7. The van der Waals surface area contributed by atoms with Gasteiger partial charge in [0.2, 0.25) is 0 Å². The molecule has 1 fully saturated rings. The van der Waals surface area contributed by atoms with E-state index in [0.717, 1.165) is 62.7 Å². The summed E-state index contributed by atoms with van der Waals surface area (Å²) in [5.41, 5.74) is 5.46. The highest BCUT2D eigenvalue weighted by atomic mass is 16.5. The van der Waals surface area contributed by atoms with E-state index in [1.165, 1.54) is 22.3 Å². The molecule has 1 aliphatic carbocycles. The third-order valence-electron chi connectivity index (χ3n) is 8.09. The van der Waals surface area contributed by atoms with E-state index in [1.807, 2.05) is 6.08 Å². The maximum atomic E-state index is 10.7. The number of carboxylic acids is 1. The van der Waals surface area contributed by atoms with Gasteiger partial charge in [0, 0.05) is 11.8 Å². The number of aliphatic carboxylic acids is 1. The maximum absolute atomic E-state index is 10.7. The standard InChI is InChI=1S/C32H44O4/c1-5-32(6-2,27-14-13-26(24(3)22-27)17-20-31(35)18-9-10-19-31)28-15-16-29(25(4)23-28)36-21-11-7-8-12-30(33)34/h13-17,20,22-23,35H,5-12,18-19,21H2,1-4H3,(H,33,34). The number of carboxylic acid groups (broad SMARTS) is 1. The van der Waals surface area contributed by atoms with Crippen LogP contribution in [0.3, 0.4) is 0 Å². The third-order valence-corrected chi connectivity index (χ3v) is 8.09. The zero-order valence-corrected chi connectivity index (χ0v) is 22.6. The molecule has 0 heterocycles. The molecule has 1 saturated carbocycles. The van der Waals surface area contributed by atoms with E-state index in [0.29, 0.717) is 13.0 Å². The second kappa shape index (κ2) is 12.6. The van der Waals surface area contributed by atoms with E-state index < -0.39 is 11.6 Å². The van der Waals surface area contributed by atoms with Gasteiger partial charge in [0.15, 0.2) is 0 Å². The number of aryl methyl sites for hydroxylation is 2. The van der Waals surface area contributed by atoms with Gasteiger partial charge in [-0.05, 0) is 92.7 Å². The van der Waals surface area contributed by atoms with Gasteiger partial charge in [-0.3, -0.25) is 4.79 Å². The van der Waals surface area contributed by atoms with Gasteiger partial charge in [-0.2, -0.15) is 0 Å². The van der Waals surface area contributed by atoms with Gasteiger partial charge < -0.3 is 14.9 Å². The Morgan fingerprint density at radius 3 is 2.19 bits per heavy atom. The molecule has 4 heteroatoms. The van der Waals surface area contributed by atoms with Crippen LogP contribution in [0.2, 0.25) is 0 Å². The van der Waals surface area contributed by atoms with Crippen molar-refractivity contribution in [2.24, 2.45) is 0 Å². The molecule has 2 N–H and O–H groups in total. The fourth-order valence-corrected chi connectivity index (χ4v) is 5.64. The molecule has 0 unspecified atom stereocenters. The topological polar surface area (TPSA) is 66.8 Å². The normalized spacial score (nSPS) is 15.5. The van der Waals surface area contributed by atoms with E-state index in [1.54, 1.807) is 0 Å². The number of benzene rings is 2. The summed E-state index contributed by atoms with van der Waals surface area (Å²) in [4.78, 5) is 10.6. The zero-order valence-electron chi connectivity index (χ0n) is 22.6. The van der Waals surface area contributed by atoms with Crippen molar-refractivity contribution >= 4 is 12.0 Å². The minimum atomic E-state index is -0.735. The molecular formula is C32H44O4. The van der Waals surface area contributed by atoms with Crippen molar-refractivity contribution in [2.45, 2.75) is 103 Å². The van der Waals surface area contributed by atoms with Crippen LogP contribution < -0.4 is 4.74 Å². The Bertz CT molecular complexity index is 1040. The molecule has 0 radical (unpaired) electrons. The number of unbranched alkanes of at least 4 members (excludes halogenated alkanes) is 2. The van der Waals surface area contributed by atoms with Crippen LogP contribution in [0.15, 0.2) is 42.5 Å². The largest absolute Gasteiger partial charge is 0.493 e. The number of ether oxygens (including phenoxy) is 1. The van der Waals surface area contributed by atoms with Crippen LogP contribution in [0.5, 0.6) is 5.75 Å². The molecule has 0 aromatic heterocycles. The van der Waals surface area contributed by atoms with Gasteiger partial charge in [-0.1, -0.05) is 69.2 Å². The van der Waals surface area contributed by atoms with Crippen molar-refractivity contribution in [3.05, 3.63) is 70.3 Å². The lowest BCUT2D eigenvalue weighted by Gasteiger charge is -2.34. The van der Waals surface area contributed by atoms with Gasteiger partial charge in [0.1, 0.15) is 5.75 Å². The van der Waals surface area contributed by atoms with Gasteiger partial charge >= 0.3 is 5.97 Å². The van der Waals surface area contributed by atoms with Crippen LogP contribution >= 0.6 is 0 Å². The molecule has 196 valence electrons. The maximum Gasteiger partial charge on any atom is 0.303 e. The average Bonchev–Trinajstić information content (AvgIpc) is 3.29. The summed E-state index contributed by atoms with van der Waals surface area (Å²) in [7, 11) is 0. The fourth-order valence-electron chi connectivity index (χ4n) is 5.64. The van der Waals surface area contributed by atoms with Crippen LogP contribution in [0.1, 0.15) is 106 Å². The number of aliphatic hydroxyl groups is 1. The Balaban J connectivity index is 1.75. The summed E-state index contributed by atoms with van der Waals surface area (Å²) >= 11 is 0. The Labute approximate surface area is 217 Å². The quantitative estimate of drug-likeness (QED) is 0.281. The predicted molar refractivity (Wildman–Crippen MR) is 148 cm³/mol. The van der Waals surface area contributed by atoms with Gasteiger partial charge in [0.25, 0.3) is 0 Å². The van der Waals surface area contributed by atoms with E-state index in [-0.39, 0.29) is 11.8 Å². The molecule has 0 atom stereocenters. The Morgan fingerprint density at radius 1 is 0.972 bits per heavy atom. The summed E-state index contributed by atoms with van der Waals surface area (Å²) in [5, 5.41) is 19.5. The predicted octanol–water partition coefficient (Wildman–Crippen LogP) is 7.75. The first-order valence-corrected chi connectivity index (χ1v) is 13.7. The minimum Gasteiger partial charge on any atom is -0.493 e. The molecule has 2 aromatic carbocycles. The van der Waals surface area contributed by atoms with E-state index in [4.69, 9.17) is 9.84 Å². The highest BCUT2D eigenvalue weighted by Crippen LogP contribution is 2.41. The van der Waals surface area contributed by atoms with Crippen molar-refractivity contribution in [3.63, 3.8) is 0 Å². The molecule has 0 spiro atoms. The summed E-state index contributed by atoms with van der Waals surface area (Å²) in [6.45, 7) is 9.40. The fraction of sp³-hybridized carbons (Fsp3) is 0.531. The smallest absolute Gasteiger partial charge is 0.303 e. The first-order valence-electron chi connectivity index (χ1n) is 13.7. The molecule has 0 saturated heterocycles. The Morgan fingerprint density at radius 2 is 1.61 bits per heavy atom. The summed E-state index contributed by atoms with van der Waals surface area (Å²) in [5.74, 6) is 0.168. The Kier molecular flexibility index (Phi) is 9.78. The number of rotatable bonds is 13. The van der Waals surface area contributed by atoms with Crippen LogP contribution in [-0.2, 0) is 10.2 Å². The monoisotopic (exact) mass is 492 g/mol. The summed E-state index contributed by atoms with van der Waals surface area (Å²) < 4.78 is 6.02. The molecule has 0 aliphatic heterocycles. The van der Waals surface area contributed by atoms with Crippen LogP contribution in [0.25, 0.3) is 6.08 Å². The lowest BCUT2D eigenvalue weighted by Crippen LogP contribution is -2.26. The lowest BCUT2D eigenvalue weighted by atomic mass is 9.70. The molecule has 1 aliphatic rings. The van der Waals surface area contributed by atoms with Crippen molar-refractivity contribution < 1.29 is 19.7 Å². The average molecular weight is 493 g/mol. The highest BCUT2D eigenvalue weighted by Gasteiger charge is 2.32. The molecule has 2 aromatic rings.